The Bertz CT molecular complexity index is 902. The fraction of sp³-hybridized carbons (Fsp3) is 0.593. The number of hydrogen-bond acceptors (Lipinski definition) is 0. The number of nitrogens with zero attached hydrogens (tertiary/aromatic N) is 2. The second-order valence-electron chi connectivity index (χ2n) is 9.15. The maximum absolute atomic E-state index is 7.15. The van der Waals surface area contributed by atoms with Crippen molar-refractivity contribution < 1.29 is 15.3 Å². The molecule has 4 heteroatoms. The zero-order chi connectivity index (χ0) is 22.2. The summed E-state index contributed by atoms with van der Waals surface area (Å²) in [6.07, 6.45) is 21.6. The molecule has 0 N–H and O–H groups in total. The van der Waals surface area contributed by atoms with Gasteiger partial charge >= 0.3 is 200 Å². The topological polar surface area (TPSA) is 9.86 Å². The molecule has 1 aromatic carbocycles. The number of benzene rings is 1. The second kappa shape index (κ2) is 12.4. The van der Waals surface area contributed by atoms with Crippen LogP contribution in [0.25, 0.3) is 5.69 Å². The van der Waals surface area contributed by atoms with E-state index in [1.807, 2.05) is 6.08 Å². The number of aryl methyl sites for hydroxylation is 3. The van der Waals surface area contributed by atoms with Gasteiger partial charge in [0.15, 0.2) is 0 Å². The van der Waals surface area contributed by atoms with Crippen LogP contribution >= 0.6 is 9.53 Å². The summed E-state index contributed by atoms with van der Waals surface area (Å²) < 4.78 is 6.32. The number of allylic oxidation sites excluding steroid dienone is 1. The normalized spacial score (nSPS) is 19.4. The van der Waals surface area contributed by atoms with Gasteiger partial charge in [-0.05, 0) is 0 Å². The van der Waals surface area contributed by atoms with Crippen LogP contribution in [-0.2, 0) is 15.3 Å². The first-order valence-electron chi connectivity index (χ1n) is 12.1. The van der Waals surface area contributed by atoms with E-state index in [1.54, 1.807) is 0 Å². The Morgan fingerprint density at radius 2 is 1.42 bits per heavy atom. The Morgan fingerprint density at radius 3 is 1.94 bits per heavy atom. The Hall–Kier alpha value is -0.878. The molecule has 0 unspecified atom stereocenters. The van der Waals surface area contributed by atoms with Gasteiger partial charge in [-0.2, -0.15) is 0 Å². The average molecular weight is 536 g/mol. The number of hydrogen-bond donors (Lipinski definition) is 0. The van der Waals surface area contributed by atoms with Crippen molar-refractivity contribution in [2.24, 2.45) is 0 Å². The molecule has 2 nitrogen and oxygen atoms in total. The van der Waals surface area contributed by atoms with Gasteiger partial charge in [0.25, 0.3) is 0 Å². The minimum absolute atomic E-state index is 0.564. The van der Waals surface area contributed by atoms with Gasteiger partial charge in [0.05, 0.1) is 0 Å². The molecule has 1 heterocycles. The van der Waals surface area contributed by atoms with E-state index in [0.717, 1.165) is 4.89 Å². The molecule has 0 spiro atoms. The van der Waals surface area contributed by atoms with Gasteiger partial charge in [0.1, 0.15) is 0 Å². The van der Waals surface area contributed by atoms with E-state index in [0.29, 0.717) is 6.04 Å². The summed E-state index contributed by atoms with van der Waals surface area (Å²) in [7, 11) is 7.15. The molecule has 0 radical (unpaired) electrons. The first-order valence-corrected chi connectivity index (χ1v) is 15.9. The first-order chi connectivity index (χ1) is 15.0. The Morgan fingerprint density at radius 1 is 0.903 bits per heavy atom. The van der Waals surface area contributed by atoms with Gasteiger partial charge in [0.2, 0.25) is 0 Å². The minimum atomic E-state index is -1.41. The molecule has 31 heavy (non-hydrogen) atoms. The number of rotatable bonds is 4. The molecule has 0 amide bonds. The molecule has 1 saturated carbocycles. The Labute approximate surface area is 199 Å². The van der Waals surface area contributed by atoms with Crippen LogP contribution in [0, 0.1) is 24.7 Å². The summed E-state index contributed by atoms with van der Waals surface area (Å²) in [4.78, 5) is 0.897. The molecular formula is C27H41ClN2Pd. The number of imidazole rings is 1. The first kappa shape index (κ1) is 24.8. The van der Waals surface area contributed by atoms with Crippen molar-refractivity contribution in [3.8, 4) is 5.69 Å². The summed E-state index contributed by atoms with van der Waals surface area (Å²) in [5.74, 6) is 0. The average Bonchev–Trinajstić information content (AvgIpc) is 3.12. The van der Waals surface area contributed by atoms with Crippen LogP contribution in [0.4, 0.5) is 0 Å². The summed E-state index contributed by atoms with van der Waals surface area (Å²) in [6, 6.07) is 5.15. The monoisotopic (exact) mass is 534 g/mol. The summed E-state index contributed by atoms with van der Waals surface area (Å²) >= 11 is -1.41. The van der Waals surface area contributed by atoms with Crippen LogP contribution in [-0.4, -0.2) is 9.13 Å². The molecule has 2 aromatic rings. The van der Waals surface area contributed by atoms with E-state index >= 15 is 0 Å². The molecule has 0 saturated heterocycles. The van der Waals surface area contributed by atoms with E-state index in [4.69, 9.17) is 9.53 Å². The number of halogens is 1. The molecule has 1 aliphatic rings. The van der Waals surface area contributed by atoms with Crippen LogP contribution in [0.5, 0.6) is 0 Å². The van der Waals surface area contributed by atoms with Crippen molar-refractivity contribution >= 4 is 9.53 Å². The van der Waals surface area contributed by atoms with Gasteiger partial charge < -0.3 is 0 Å². The van der Waals surface area contributed by atoms with E-state index < -0.39 is 15.3 Å². The van der Waals surface area contributed by atoms with Crippen LogP contribution in [0.15, 0.2) is 37.2 Å². The Balaban J connectivity index is 2.06. The predicted octanol–water partition coefficient (Wildman–Crippen LogP) is 8.96. The van der Waals surface area contributed by atoms with Crippen LogP contribution in [0.3, 0.4) is 0 Å². The second-order valence-corrected chi connectivity index (χ2v) is 13.4. The Kier molecular flexibility index (Phi) is 9.89. The van der Waals surface area contributed by atoms with Crippen molar-refractivity contribution in [1.29, 1.82) is 0 Å². The van der Waals surface area contributed by atoms with Gasteiger partial charge in [-0.3, -0.25) is 0 Å². The fourth-order valence-corrected chi connectivity index (χ4v) is 8.40. The SMILES string of the molecule is C=C[CH2][Pd]([Cl])=[c]1n(-c2c(C)cc(C)cc2C)ccn1C1CCCCCCCCCCC1. The molecule has 3 rings (SSSR count). The zero-order valence-corrected chi connectivity index (χ0v) is 22.1. The summed E-state index contributed by atoms with van der Waals surface area (Å²) in [6.45, 7) is 10.6. The van der Waals surface area contributed by atoms with Crippen molar-refractivity contribution in [3.05, 3.63) is 57.8 Å². The number of aromatic nitrogens is 2. The third-order valence-corrected chi connectivity index (χ3v) is 10.2. The van der Waals surface area contributed by atoms with Crippen molar-refractivity contribution in [2.75, 3.05) is 0 Å². The molecule has 0 aliphatic heterocycles. The standard InChI is InChI=1S/C24H36N2.C3H5.ClH.Pd/c1-20-17-21(2)24(22(3)18-20)26-16-15-25(19-26)23-13-11-9-7-5-4-6-8-10-12-14-23;1-3-2;;/h15-18,23H,4-14H2,1-3H3;3H,1-2H2;1H;/q;;;+1/p-1. The van der Waals surface area contributed by atoms with Crippen LogP contribution < -0.4 is 0 Å². The van der Waals surface area contributed by atoms with E-state index in [1.165, 1.54) is 96.9 Å². The quantitative estimate of drug-likeness (QED) is 0.273. The molecular weight excluding hydrogens is 494 g/mol. The van der Waals surface area contributed by atoms with Crippen molar-refractivity contribution in [1.82, 2.24) is 9.13 Å². The van der Waals surface area contributed by atoms with Crippen LogP contribution in [0.1, 0.15) is 93.4 Å². The molecule has 0 bridgehead atoms. The summed E-state index contributed by atoms with van der Waals surface area (Å²) in [5, 5.41) is 0. The zero-order valence-electron chi connectivity index (χ0n) is 19.7. The molecule has 0 atom stereocenters. The van der Waals surface area contributed by atoms with Crippen LogP contribution in [0.2, 0.25) is 4.89 Å². The van der Waals surface area contributed by atoms with E-state index in [9.17, 15) is 0 Å². The van der Waals surface area contributed by atoms with Crippen molar-refractivity contribution in [3.63, 3.8) is 0 Å². The van der Waals surface area contributed by atoms with Gasteiger partial charge in [-0.1, -0.05) is 0 Å². The third kappa shape index (κ3) is 6.57. The molecule has 176 valence electrons. The molecule has 1 fully saturated rings. The maximum atomic E-state index is 7.15. The van der Waals surface area contributed by atoms with Gasteiger partial charge in [-0.25, -0.2) is 0 Å². The van der Waals surface area contributed by atoms with E-state index in [-0.39, 0.29) is 0 Å². The van der Waals surface area contributed by atoms with E-state index in [2.05, 4.69) is 61.0 Å². The van der Waals surface area contributed by atoms with Crippen molar-refractivity contribution in [2.45, 2.75) is 102 Å². The summed E-state index contributed by atoms with van der Waals surface area (Å²) in [5.41, 5.74) is 5.29. The predicted molar refractivity (Wildman–Crippen MR) is 132 cm³/mol. The third-order valence-electron chi connectivity index (χ3n) is 6.46. The molecule has 1 aliphatic carbocycles. The molecule has 1 aromatic heterocycles. The van der Waals surface area contributed by atoms with Gasteiger partial charge in [-0.15, -0.1) is 0 Å². The van der Waals surface area contributed by atoms with Gasteiger partial charge in [0, 0.05) is 0 Å². The fourth-order valence-electron chi connectivity index (χ4n) is 5.08.